The highest BCUT2D eigenvalue weighted by atomic mass is 32.2. The number of rotatable bonds is 5. The summed E-state index contributed by atoms with van der Waals surface area (Å²) >= 11 is 0. The minimum Gasteiger partial charge on any atom is -0.478 e. The third-order valence-electron chi connectivity index (χ3n) is 2.74. The number of benzene rings is 2. The Morgan fingerprint density at radius 1 is 0.957 bits per heavy atom. The first-order chi connectivity index (χ1) is 10.7. The summed E-state index contributed by atoms with van der Waals surface area (Å²) < 4.78 is 41.9. The summed E-state index contributed by atoms with van der Waals surface area (Å²) in [7, 11) is -4.45. The van der Waals surface area contributed by atoms with Crippen LogP contribution in [0.5, 0.6) is 5.75 Å². The van der Waals surface area contributed by atoms with E-state index in [2.05, 4.69) is 0 Å². The van der Waals surface area contributed by atoms with E-state index in [9.17, 15) is 22.4 Å². The van der Waals surface area contributed by atoms with Crippen LogP contribution >= 0.6 is 0 Å². The SMILES string of the molecule is O=C(O)c1ccc(S(=O)(=O)Oc2cccc(F)c2)cc1C(=O)O. The first-order valence-corrected chi connectivity index (χ1v) is 7.42. The summed E-state index contributed by atoms with van der Waals surface area (Å²) in [6, 6.07) is 6.75. The fourth-order valence-electron chi connectivity index (χ4n) is 1.74. The summed E-state index contributed by atoms with van der Waals surface area (Å²) in [6.07, 6.45) is 0. The van der Waals surface area contributed by atoms with Crippen LogP contribution in [0.15, 0.2) is 47.4 Å². The van der Waals surface area contributed by atoms with E-state index >= 15 is 0 Å². The second kappa shape index (κ2) is 6.05. The smallest absolute Gasteiger partial charge is 0.339 e. The highest BCUT2D eigenvalue weighted by Crippen LogP contribution is 2.22. The third-order valence-corrected chi connectivity index (χ3v) is 3.99. The van der Waals surface area contributed by atoms with Crippen LogP contribution in [0.1, 0.15) is 20.7 Å². The van der Waals surface area contributed by atoms with Crippen LogP contribution in [0.3, 0.4) is 0 Å². The van der Waals surface area contributed by atoms with Crippen LogP contribution in [0.2, 0.25) is 0 Å². The van der Waals surface area contributed by atoms with Crippen molar-refractivity contribution in [3.63, 3.8) is 0 Å². The maximum absolute atomic E-state index is 13.0. The summed E-state index contributed by atoms with van der Waals surface area (Å²) in [5.41, 5.74) is -1.27. The van der Waals surface area contributed by atoms with Crippen molar-refractivity contribution in [2.75, 3.05) is 0 Å². The lowest BCUT2D eigenvalue weighted by Gasteiger charge is -2.09. The highest BCUT2D eigenvalue weighted by molar-refractivity contribution is 7.87. The lowest BCUT2D eigenvalue weighted by Crippen LogP contribution is -2.14. The molecule has 0 aliphatic rings. The Morgan fingerprint density at radius 3 is 2.17 bits per heavy atom. The van der Waals surface area contributed by atoms with Crippen LogP contribution in [0, 0.1) is 5.82 Å². The Labute approximate surface area is 129 Å². The zero-order valence-corrected chi connectivity index (χ0v) is 12.1. The molecule has 0 unspecified atom stereocenters. The van der Waals surface area contributed by atoms with Gasteiger partial charge in [0.2, 0.25) is 0 Å². The van der Waals surface area contributed by atoms with Crippen LogP contribution < -0.4 is 4.18 Å². The lowest BCUT2D eigenvalue weighted by atomic mass is 10.1. The molecule has 0 aromatic heterocycles. The van der Waals surface area contributed by atoms with Gasteiger partial charge in [-0.2, -0.15) is 8.42 Å². The number of hydrogen-bond donors (Lipinski definition) is 2. The Balaban J connectivity index is 2.46. The zero-order chi connectivity index (χ0) is 17.2. The molecular formula is C14H9FO7S. The van der Waals surface area contributed by atoms with Crippen molar-refractivity contribution in [2.24, 2.45) is 0 Å². The van der Waals surface area contributed by atoms with Gasteiger partial charge in [0.1, 0.15) is 16.5 Å². The van der Waals surface area contributed by atoms with Gasteiger partial charge in [0.05, 0.1) is 11.1 Å². The highest BCUT2D eigenvalue weighted by Gasteiger charge is 2.23. The molecule has 23 heavy (non-hydrogen) atoms. The average Bonchev–Trinajstić information content (AvgIpc) is 2.46. The van der Waals surface area contributed by atoms with Crippen LogP contribution in [0.4, 0.5) is 4.39 Å². The zero-order valence-electron chi connectivity index (χ0n) is 11.3. The van der Waals surface area contributed by atoms with Gasteiger partial charge in [-0.1, -0.05) is 6.07 Å². The molecule has 2 N–H and O–H groups in total. The fraction of sp³-hybridized carbons (Fsp3) is 0. The molecule has 2 aromatic rings. The topological polar surface area (TPSA) is 118 Å². The number of hydrogen-bond acceptors (Lipinski definition) is 5. The Hall–Kier alpha value is -2.94. The predicted molar refractivity (Wildman–Crippen MR) is 74.6 cm³/mol. The molecule has 2 aromatic carbocycles. The normalized spacial score (nSPS) is 11.0. The number of carboxylic acids is 2. The van der Waals surface area contributed by atoms with Crippen LogP contribution in [-0.2, 0) is 10.1 Å². The molecule has 0 heterocycles. The molecule has 0 fully saturated rings. The molecule has 0 aliphatic heterocycles. The van der Waals surface area contributed by atoms with Gasteiger partial charge < -0.3 is 14.4 Å². The first kappa shape index (κ1) is 16.4. The van der Waals surface area contributed by atoms with Gasteiger partial charge in [-0.3, -0.25) is 0 Å². The fourth-order valence-corrected chi connectivity index (χ4v) is 2.69. The van der Waals surface area contributed by atoms with Crippen molar-refractivity contribution in [1.29, 1.82) is 0 Å². The summed E-state index contributed by atoms with van der Waals surface area (Å²) in [4.78, 5) is 21.4. The van der Waals surface area contributed by atoms with Gasteiger partial charge in [-0.25, -0.2) is 14.0 Å². The van der Waals surface area contributed by atoms with E-state index in [0.717, 1.165) is 24.3 Å². The standard InChI is InChI=1S/C14H9FO7S/c15-8-2-1-3-9(6-8)22-23(20,21)10-4-5-11(13(16)17)12(7-10)14(18)19/h1-7H,(H,16,17)(H,18,19). The van der Waals surface area contributed by atoms with E-state index in [4.69, 9.17) is 14.4 Å². The maximum Gasteiger partial charge on any atom is 0.339 e. The minimum absolute atomic E-state index is 0.302. The molecule has 0 saturated carbocycles. The van der Waals surface area contributed by atoms with Crippen molar-refractivity contribution >= 4 is 22.1 Å². The van der Waals surface area contributed by atoms with E-state index in [1.807, 2.05) is 0 Å². The van der Waals surface area contributed by atoms with Gasteiger partial charge in [0.15, 0.2) is 0 Å². The van der Waals surface area contributed by atoms with Crippen molar-refractivity contribution < 1.29 is 36.8 Å². The number of carbonyl (C=O) groups is 2. The van der Waals surface area contributed by atoms with Crippen molar-refractivity contribution in [2.45, 2.75) is 4.90 Å². The quantitative estimate of drug-likeness (QED) is 0.799. The van der Waals surface area contributed by atoms with Gasteiger partial charge in [-0.05, 0) is 30.3 Å². The third kappa shape index (κ3) is 3.64. The van der Waals surface area contributed by atoms with Gasteiger partial charge in [-0.15, -0.1) is 0 Å². The maximum atomic E-state index is 13.0. The molecule has 0 saturated heterocycles. The van der Waals surface area contributed by atoms with Crippen molar-refractivity contribution in [3.8, 4) is 5.75 Å². The van der Waals surface area contributed by atoms with E-state index in [-0.39, 0.29) is 5.75 Å². The molecule has 0 bridgehead atoms. The second-order valence-corrected chi connectivity index (χ2v) is 5.86. The van der Waals surface area contributed by atoms with Crippen molar-refractivity contribution in [1.82, 2.24) is 0 Å². The summed E-state index contributed by atoms with van der Waals surface area (Å²) in [5, 5.41) is 17.9. The average molecular weight is 340 g/mol. The number of aromatic carboxylic acids is 2. The molecule has 7 nitrogen and oxygen atoms in total. The van der Waals surface area contributed by atoms with Gasteiger partial charge in [0.25, 0.3) is 0 Å². The first-order valence-electron chi connectivity index (χ1n) is 6.01. The minimum atomic E-state index is -4.45. The monoisotopic (exact) mass is 340 g/mol. The Morgan fingerprint density at radius 2 is 1.61 bits per heavy atom. The van der Waals surface area contributed by atoms with E-state index in [0.29, 0.717) is 6.07 Å². The van der Waals surface area contributed by atoms with Crippen LogP contribution in [0.25, 0.3) is 0 Å². The Bertz CT molecular complexity index is 890. The lowest BCUT2D eigenvalue weighted by molar-refractivity contribution is 0.0651. The Kier molecular flexibility index (Phi) is 4.32. The van der Waals surface area contributed by atoms with Gasteiger partial charge >= 0.3 is 22.1 Å². The molecular weight excluding hydrogens is 331 g/mol. The van der Waals surface area contributed by atoms with E-state index < -0.39 is 43.9 Å². The van der Waals surface area contributed by atoms with Gasteiger partial charge in [0, 0.05) is 6.07 Å². The van der Waals surface area contributed by atoms with Crippen LogP contribution in [-0.4, -0.2) is 30.6 Å². The molecule has 0 amide bonds. The summed E-state index contributed by atoms with van der Waals surface area (Å²) in [6.45, 7) is 0. The molecule has 2 rings (SSSR count). The second-order valence-electron chi connectivity index (χ2n) is 4.31. The molecule has 0 spiro atoms. The molecule has 0 radical (unpaired) electrons. The molecule has 9 heteroatoms. The number of carboxylic acid groups (broad SMARTS) is 2. The van der Waals surface area contributed by atoms with E-state index in [1.165, 1.54) is 12.1 Å². The molecule has 120 valence electrons. The van der Waals surface area contributed by atoms with E-state index in [1.54, 1.807) is 0 Å². The summed E-state index contributed by atoms with van der Waals surface area (Å²) in [5.74, 6) is -4.14. The predicted octanol–water partition coefficient (Wildman–Crippen LogP) is 1.99. The number of halogens is 1. The van der Waals surface area contributed by atoms with Crippen molar-refractivity contribution in [3.05, 3.63) is 59.4 Å². The largest absolute Gasteiger partial charge is 0.478 e. The molecule has 0 aliphatic carbocycles. The molecule has 0 atom stereocenters.